The maximum atomic E-state index is 12.6. The molecule has 2 heterocycles. The number of hydrogen-bond acceptors (Lipinski definition) is 4. The molecule has 2 aromatic rings. The molecule has 7 nitrogen and oxygen atoms in total. The van der Waals surface area contributed by atoms with Gasteiger partial charge in [-0.1, -0.05) is 13.0 Å². The molecule has 1 aliphatic heterocycles. The third kappa shape index (κ3) is 3.29. The molecular formula is C17H20N4O3. The zero-order chi connectivity index (χ0) is 17.1. The van der Waals surface area contributed by atoms with Gasteiger partial charge in [0.2, 0.25) is 0 Å². The summed E-state index contributed by atoms with van der Waals surface area (Å²) >= 11 is 0. The molecule has 0 radical (unpaired) electrons. The van der Waals surface area contributed by atoms with Crippen LogP contribution in [0.3, 0.4) is 0 Å². The molecule has 0 spiro atoms. The highest BCUT2D eigenvalue weighted by atomic mass is 16.4. The Balaban J connectivity index is 1.64. The second-order valence-electron chi connectivity index (χ2n) is 5.95. The Labute approximate surface area is 139 Å². The van der Waals surface area contributed by atoms with E-state index in [0.29, 0.717) is 18.7 Å². The molecule has 126 valence electrons. The minimum atomic E-state index is -1.03. The van der Waals surface area contributed by atoms with Crippen molar-refractivity contribution in [2.75, 3.05) is 13.1 Å². The van der Waals surface area contributed by atoms with Gasteiger partial charge in [-0.05, 0) is 31.0 Å². The highest BCUT2D eigenvalue weighted by Crippen LogP contribution is 2.26. The van der Waals surface area contributed by atoms with E-state index >= 15 is 0 Å². The second-order valence-corrected chi connectivity index (χ2v) is 5.95. The van der Waals surface area contributed by atoms with Crippen molar-refractivity contribution in [3.8, 4) is 0 Å². The molecule has 1 amide bonds. The number of aromatic nitrogens is 3. The molecule has 2 N–H and O–H groups in total. The van der Waals surface area contributed by atoms with E-state index in [0.717, 1.165) is 30.9 Å². The molecule has 1 saturated heterocycles. The zero-order valence-corrected chi connectivity index (χ0v) is 13.5. The minimum absolute atomic E-state index is 0.124. The molecule has 24 heavy (non-hydrogen) atoms. The molecule has 1 fully saturated rings. The minimum Gasteiger partial charge on any atom is -0.478 e. The fraction of sp³-hybridized carbons (Fsp3) is 0.412. The summed E-state index contributed by atoms with van der Waals surface area (Å²) in [6.45, 7) is 3.27. The van der Waals surface area contributed by atoms with Gasteiger partial charge in [0.1, 0.15) is 5.82 Å². The van der Waals surface area contributed by atoms with E-state index in [1.165, 1.54) is 12.1 Å². The summed E-state index contributed by atoms with van der Waals surface area (Å²) in [7, 11) is 0. The molecule has 1 aromatic carbocycles. The Morgan fingerprint density at radius 1 is 1.29 bits per heavy atom. The summed E-state index contributed by atoms with van der Waals surface area (Å²) in [6.07, 6.45) is 2.45. The zero-order valence-electron chi connectivity index (χ0n) is 13.5. The van der Waals surface area contributed by atoms with Crippen LogP contribution in [0.1, 0.15) is 58.0 Å². The third-order valence-electron chi connectivity index (χ3n) is 4.39. The van der Waals surface area contributed by atoms with Gasteiger partial charge in [0.05, 0.1) is 5.56 Å². The number of likely N-dealkylation sites (tertiary alicyclic amines) is 1. The number of amides is 1. The first kappa shape index (κ1) is 16.2. The molecular weight excluding hydrogens is 308 g/mol. The Kier molecular flexibility index (Phi) is 4.59. The lowest BCUT2D eigenvalue weighted by molar-refractivity contribution is 0.0697. The van der Waals surface area contributed by atoms with Crippen LogP contribution in [0, 0.1) is 0 Å². The standard InChI is InChI=1S/C17H20N4O3/c1-2-14-18-15(20-19-14)11-6-8-21(9-7-11)16(22)12-4-3-5-13(10-12)17(23)24/h3-5,10-11H,2,6-9H2,1H3,(H,23,24)(H,18,19,20). The van der Waals surface area contributed by atoms with E-state index in [1.54, 1.807) is 17.0 Å². The van der Waals surface area contributed by atoms with Crippen LogP contribution in [0.15, 0.2) is 24.3 Å². The van der Waals surface area contributed by atoms with Gasteiger partial charge < -0.3 is 10.0 Å². The molecule has 0 saturated carbocycles. The highest BCUT2D eigenvalue weighted by Gasteiger charge is 2.27. The normalized spacial score (nSPS) is 15.5. The first-order valence-corrected chi connectivity index (χ1v) is 8.12. The summed E-state index contributed by atoms with van der Waals surface area (Å²) in [5.41, 5.74) is 0.545. The summed E-state index contributed by atoms with van der Waals surface area (Å²) in [4.78, 5) is 29.8. The van der Waals surface area contributed by atoms with E-state index in [9.17, 15) is 9.59 Å². The maximum Gasteiger partial charge on any atom is 0.335 e. The van der Waals surface area contributed by atoms with Crippen LogP contribution in [0.4, 0.5) is 0 Å². The number of carboxylic acid groups (broad SMARTS) is 1. The summed E-state index contributed by atoms with van der Waals surface area (Å²) in [5.74, 6) is 0.817. The van der Waals surface area contributed by atoms with E-state index in [4.69, 9.17) is 5.11 Å². The summed E-state index contributed by atoms with van der Waals surface area (Å²) < 4.78 is 0. The van der Waals surface area contributed by atoms with Gasteiger partial charge in [-0.3, -0.25) is 9.89 Å². The lowest BCUT2D eigenvalue weighted by Crippen LogP contribution is -2.38. The molecule has 0 aliphatic carbocycles. The Bertz CT molecular complexity index is 748. The number of aromatic carboxylic acids is 1. The van der Waals surface area contributed by atoms with E-state index in [2.05, 4.69) is 15.2 Å². The van der Waals surface area contributed by atoms with Crippen molar-refractivity contribution in [1.82, 2.24) is 20.1 Å². The van der Waals surface area contributed by atoms with Crippen LogP contribution in [-0.4, -0.2) is 50.2 Å². The van der Waals surface area contributed by atoms with Gasteiger partial charge in [0, 0.05) is 31.0 Å². The highest BCUT2D eigenvalue weighted by molar-refractivity contribution is 5.97. The quantitative estimate of drug-likeness (QED) is 0.895. The average molecular weight is 328 g/mol. The van der Waals surface area contributed by atoms with Crippen LogP contribution >= 0.6 is 0 Å². The molecule has 0 unspecified atom stereocenters. The van der Waals surface area contributed by atoms with Crippen molar-refractivity contribution in [3.05, 3.63) is 47.0 Å². The molecule has 3 rings (SSSR count). The average Bonchev–Trinajstić information content (AvgIpc) is 3.10. The fourth-order valence-corrected chi connectivity index (χ4v) is 2.96. The predicted molar refractivity (Wildman–Crippen MR) is 87.0 cm³/mol. The van der Waals surface area contributed by atoms with Gasteiger partial charge >= 0.3 is 5.97 Å². The number of hydrogen-bond donors (Lipinski definition) is 2. The van der Waals surface area contributed by atoms with Crippen molar-refractivity contribution < 1.29 is 14.7 Å². The van der Waals surface area contributed by atoms with Gasteiger partial charge in [-0.25, -0.2) is 9.78 Å². The molecule has 1 aromatic heterocycles. The number of nitrogens with one attached hydrogen (secondary N) is 1. The van der Waals surface area contributed by atoms with Crippen molar-refractivity contribution in [1.29, 1.82) is 0 Å². The lowest BCUT2D eigenvalue weighted by Gasteiger charge is -2.30. The lowest BCUT2D eigenvalue weighted by atomic mass is 9.95. The van der Waals surface area contributed by atoms with E-state index < -0.39 is 5.97 Å². The molecule has 0 bridgehead atoms. The first-order chi connectivity index (χ1) is 11.6. The summed E-state index contributed by atoms with van der Waals surface area (Å²) in [5, 5.41) is 16.2. The number of aryl methyl sites for hydroxylation is 1. The number of carbonyl (C=O) groups is 2. The number of carbonyl (C=O) groups excluding carboxylic acids is 1. The Morgan fingerprint density at radius 3 is 2.62 bits per heavy atom. The van der Waals surface area contributed by atoms with Crippen LogP contribution < -0.4 is 0 Å². The topological polar surface area (TPSA) is 99.2 Å². The number of benzene rings is 1. The number of rotatable bonds is 4. The second kappa shape index (κ2) is 6.82. The van der Waals surface area contributed by atoms with Crippen molar-refractivity contribution in [3.63, 3.8) is 0 Å². The Hall–Kier alpha value is -2.70. The van der Waals surface area contributed by atoms with E-state index in [-0.39, 0.29) is 17.4 Å². The van der Waals surface area contributed by atoms with Gasteiger partial charge in [0.25, 0.3) is 5.91 Å². The van der Waals surface area contributed by atoms with Gasteiger partial charge in [-0.2, -0.15) is 5.10 Å². The smallest absolute Gasteiger partial charge is 0.335 e. The summed E-state index contributed by atoms with van der Waals surface area (Å²) in [6, 6.07) is 6.17. The first-order valence-electron chi connectivity index (χ1n) is 8.12. The van der Waals surface area contributed by atoms with Crippen molar-refractivity contribution >= 4 is 11.9 Å². The van der Waals surface area contributed by atoms with Crippen LogP contribution in [0.2, 0.25) is 0 Å². The number of nitrogens with zero attached hydrogens (tertiary/aromatic N) is 3. The van der Waals surface area contributed by atoms with Crippen LogP contribution in [-0.2, 0) is 6.42 Å². The molecule has 1 aliphatic rings. The molecule has 7 heteroatoms. The SMILES string of the molecule is CCc1nc(C2CCN(C(=O)c3cccc(C(=O)O)c3)CC2)n[nH]1. The third-order valence-corrected chi connectivity index (χ3v) is 4.39. The Morgan fingerprint density at radius 2 is 2.00 bits per heavy atom. The van der Waals surface area contributed by atoms with E-state index in [1.807, 2.05) is 6.92 Å². The molecule has 0 atom stereocenters. The fourth-order valence-electron chi connectivity index (χ4n) is 2.96. The predicted octanol–water partition coefficient (Wildman–Crippen LogP) is 2.09. The monoisotopic (exact) mass is 328 g/mol. The van der Waals surface area contributed by atoms with Gasteiger partial charge in [-0.15, -0.1) is 0 Å². The van der Waals surface area contributed by atoms with Gasteiger partial charge in [0.15, 0.2) is 5.82 Å². The van der Waals surface area contributed by atoms with Crippen LogP contribution in [0.5, 0.6) is 0 Å². The number of piperidine rings is 1. The van der Waals surface area contributed by atoms with Crippen molar-refractivity contribution in [2.45, 2.75) is 32.1 Å². The van der Waals surface area contributed by atoms with Crippen LogP contribution in [0.25, 0.3) is 0 Å². The number of aromatic amines is 1. The maximum absolute atomic E-state index is 12.6. The number of H-pyrrole nitrogens is 1. The van der Waals surface area contributed by atoms with Crippen molar-refractivity contribution in [2.24, 2.45) is 0 Å². The largest absolute Gasteiger partial charge is 0.478 e. The number of carboxylic acids is 1.